The average Bonchev–Trinajstić information content (AvgIpc) is 3.51. The molecule has 2 N–H and O–H groups in total. The second-order valence-corrected chi connectivity index (χ2v) is 7.73. The van der Waals surface area contributed by atoms with Crippen LogP contribution in [-0.4, -0.2) is 35.1 Å². The highest BCUT2D eigenvalue weighted by Gasteiger charge is 2.38. The summed E-state index contributed by atoms with van der Waals surface area (Å²) in [5.41, 5.74) is 4.48. The van der Waals surface area contributed by atoms with E-state index in [4.69, 9.17) is 4.98 Å². The molecule has 0 amide bonds. The molecule has 5 rings (SSSR count). The van der Waals surface area contributed by atoms with Crippen LogP contribution in [0.1, 0.15) is 41.9 Å². The number of aryl methyl sites for hydroxylation is 2. The number of hydrogen-bond donors (Lipinski definition) is 2. The molecule has 0 fully saturated rings. The standard InChI is InChI=1S/C25H24N6O/c1-3-17-15-22-26-23(21(4-2)31(22)16-20(17)24-27-29-30-28-24)25(32,18-11-7-5-8-12-18)19-13-9-6-10-14-19/h5-16,32H,3-4H2,1-2H3,(H,27,28,29,30). The molecule has 7 nitrogen and oxygen atoms in total. The summed E-state index contributed by atoms with van der Waals surface area (Å²) in [6, 6.07) is 21.5. The van der Waals surface area contributed by atoms with Crippen molar-refractivity contribution in [3.05, 3.63) is 101 Å². The van der Waals surface area contributed by atoms with E-state index < -0.39 is 5.60 Å². The minimum atomic E-state index is -1.39. The van der Waals surface area contributed by atoms with E-state index in [1.165, 1.54) is 0 Å². The molecule has 160 valence electrons. The molecular weight excluding hydrogens is 400 g/mol. The lowest BCUT2D eigenvalue weighted by atomic mass is 9.82. The maximum Gasteiger partial charge on any atom is 0.206 e. The summed E-state index contributed by atoms with van der Waals surface area (Å²) in [6.45, 7) is 4.16. The first-order valence-electron chi connectivity index (χ1n) is 10.8. The van der Waals surface area contributed by atoms with Gasteiger partial charge in [-0.3, -0.25) is 0 Å². The second kappa shape index (κ2) is 8.01. The van der Waals surface area contributed by atoms with Crippen LogP contribution < -0.4 is 0 Å². The highest BCUT2D eigenvalue weighted by molar-refractivity contribution is 5.64. The Morgan fingerprint density at radius 3 is 2.12 bits per heavy atom. The first-order valence-corrected chi connectivity index (χ1v) is 10.8. The van der Waals surface area contributed by atoms with Crippen LogP contribution in [0, 0.1) is 0 Å². The summed E-state index contributed by atoms with van der Waals surface area (Å²) in [5.74, 6) is 0.544. The van der Waals surface area contributed by atoms with Gasteiger partial charge in [-0.2, -0.15) is 5.21 Å². The van der Waals surface area contributed by atoms with Gasteiger partial charge in [0, 0.05) is 17.5 Å². The van der Waals surface area contributed by atoms with Gasteiger partial charge in [-0.15, -0.1) is 10.2 Å². The quantitative estimate of drug-likeness (QED) is 0.431. The van der Waals surface area contributed by atoms with Crippen LogP contribution in [0.15, 0.2) is 72.9 Å². The Morgan fingerprint density at radius 2 is 1.59 bits per heavy atom. The fourth-order valence-electron chi connectivity index (χ4n) is 4.37. The van der Waals surface area contributed by atoms with Crippen molar-refractivity contribution in [2.24, 2.45) is 0 Å². The Bertz CT molecular complexity index is 1300. The van der Waals surface area contributed by atoms with E-state index >= 15 is 0 Å². The van der Waals surface area contributed by atoms with Crippen LogP contribution in [0.3, 0.4) is 0 Å². The van der Waals surface area contributed by atoms with Crippen molar-refractivity contribution in [1.82, 2.24) is 30.0 Å². The van der Waals surface area contributed by atoms with E-state index in [1.807, 2.05) is 77.3 Å². The van der Waals surface area contributed by atoms with Gasteiger partial charge in [0.15, 0.2) is 5.60 Å². The molecule has 0 spiro atoms. The summed E-state index contributed by atoms with van der Waals surface area (Å²) in [5, 5.41) is 26.9. The Labute approximate surface area is 185 Å². The molecule has 0 saturated heterocycles. The first kappa shape index (κ1) is 20.1. The molecule has 0 saturated carbocycles. The molecule has 2 aromatic carbocycles. The molecule has 3 aromatic heterocycles. The Hall–Kier alpha value is -3.84. The highest BCUT2D eigenvalue weighted by atomic mass is 16.3. The molecule has 5 aromatic rings. The fraction of sp³-hybridized carbons (Fsp3) is 0.200. The number of hydrogen-bond acceptors (Lipinski definition) is 5. The zero-order chi connectivity index (χ0) is 22.1. The molecule has 32 heavy (non-hydrogen) atoms. The largest absolute Gasteiger partial charge is 0.374 e. The lowest BCUT2D eigenvalue weighted by molar-refractivity contribution is 0.120. The Kier molecular flexibility index (Phi) is 5.03. The number of pyridine rings is 1. The number of aromatic nitrogens is 6. The van der Waals surface area contributed by atoms with E-state index in [9.17, 15) is 5.11 Å². The van der Waals surface area contributed by atoms with Crippen molar-refractivity contribution < 1.29 is 5.11 Å². The maximum atomic E-state index is 12.3. The van der Waals surface area contributed by atoms with Crippen molar-refractivity contribution in [1.29, 1.82) is 0 Å². The lowest BCUT2D eigenvalue weighted by Crippen LogP contribution is -2.30. The number of fused-ring (bicyclic) bond motifs is 1. The number of nitrogens with one attached hydrogen (secondary N) is 1. The molecule has 0 radical (unpaired) electrons. The van der Waals surface area contributed by atoms with Crippen molar-refractivity contribution in [2.75, 3.05) is 0 Å². The van der Waals surface area contributed by atoms with Crippen molar-refractivity contribution in [3.63, 3.8) is 0 Å². The first-order chi connectivity index (χ1) is 15.7. The zero-order valence-electron chi connectivity index (χ0n) is 18.0. The molecule has 0 atom stereocenters. The van der Waals surface area contributed by atoms with Gasteiger partial charge in [-0.25, -0.2) is 4.98 Å². The van der Waals surface area contributed by atoms with Gasteiger partial charge in [0.2, 0.25) is 5.82 Å². The molecule has 0 aliphatic carbocycles. The van der Waals surface area contributed by atoms with Gasteiger partial charge in [-0.1, -0.05) is 74.5 Å². The fourth-order valence-corrected chi connectivity index (χ4v) is 4.37. The monoisotopic (exact) mass is 424 g/mol. The van der Waals surface area contributed by atoms with E-state index in [0.29, 0.717) is 17.9 Å². The van der Waals surface area contributed by atoms with Gasteiger partial charge < -0.3 is 9.51 Å². The minimum Gasteiger partial charge on any atom is -0.374 e. The number of nitrogens with zero attached hydrogens (tertiary/aromatic N) is 5. The molecule has 7 heteroatoms. The normalized spacial score (nSPS) is 11.8. The smallest absolute Gasteiger partial charge is 0.206 e. The van der Waals surface area contributed by atoms with Crippen molar-refractivity contribution in [2.45, 2.75) is 32.3 Å². The Balaban J connectivity index is 1.82. The number of H-pyrrole nitrogens is 1. The topological polar surface area (TPSA) is 92.0 Å². The van der Waals surface area contributed by atoms with Crippen LogP contribution in [0.25, 0.3) is 17.0 Å². The third-order valence-electron chi connectivity index (χ3n) is 5.97. The zero-order valence-corrected chi connectivity index (χ0v) is 18.0. The van der Waals surface area contributed by atoms with Crippen LogP contribution in [-0.2, 0) is 18.4 Å². The van der Waals surface area contributed by atoms with Crippen LogP contribution >= 0.6 is 0 Å². The van der Waals surface area contributed by atoms with Crippen LogP contribution in [0.5, 0.6) is 0 Å². The van der Waals surface area contributed by atoms with Gasteiger partial charge in [0.1, 0.15) is 11.3 Å². The predicted molar refractivity (Wildman–Crippen MR) is 122 cm³/mol. The summed E-state index contributed by atoms with van der Waals surface area (Å²) in [7, 11) is 0. The molecule has 0 aliphatic rings. The van der Waals surface area contributed by atoms with E-state index in [2.05, 4.69) is 34.5 Å². The SMILES string of the molecule is CCc1cc2nc(C(O)(c3ccccc3)c3ccccc3)c(CC)n2cc1-c1nn[nH]n1. The van der Waals surface area contributed by atoms with E-state index in [0.717, 1.165) is 40.0 Å². The predicted octanol–water partition coefficient (Wildman–Crippen LogP) is 3.92. The summed E-state index contributed by atoms with van der Waals surface area (Å²) in [4.78, 5) is 4.99. The van der Waals surface area contributed by atoms with Gasteiger partial charge >= 0.3 is 0 Å². The number of tetrazole rings is 1. The van der Waals surface area contributed by atoms with Gasteiger partial charge in [-0.05, 0) is 40.8 Å². The van der Waals surface area contributed by atoms with Gasteiger partial charge in [0.25, 0.3) is 0 Å². The number of aromatic amines is 1. The average molecular weight is 425 g/mol. The van der Waals surface area contributed by atoms with E-state index in [1.54, 1.807) is 0 Å². The summed E-state index contributed by atoms with van der Waals surface area (Å²) >= 11 is 0. The third kappa shape index (κ3) is 3.09. The number of aliphatic hydroxyl groups is 1. The lowest BCUT2D eigenvalue weighted by Gasteiger charge is -2.29. The van der Waals surface area contributed by atoms with Crippen molar-refractivity contribution >= 4 is 5.65 Å². The number of imidazole rings is 1. The van der Waals surface area contributed by atoms with Crippen LogP contribution in [0.4, 0.5) is 0 Å². The minimum absolute atomic E-state index is 0.544. The maximum absolute atomic E-state index is 12.3. The second-order valence-electron chi connectivity index (χ2n) is 7.73. The molecular formula is C25H24N6O. The van der Waals surface area contributed by atoms with Crippen molar-refractivity contribution in [3.8, 4) is 11.4 Å². The number of rotatable bonds is 6. The summed E-state index contributed by atoms with van der Waals surface area (Å²) < 4.78 is 2.04. The molecule has 0 unspecified atom stereocenters. The highest BCUT2D eigenvalue weighted by Crippen LogP contribution is 2.39. The molecule has 0 bridgehead atoms. The molecule has 3 heterocycles. The van der Waals surface area contributed by atoms with Gasteiger partial charge in [0.05, 0.1) is 0 Å². The number of benzene rings is 2. The third-order valence-corrected chi connectivity index (χ3v) is 5.97. The molecule has 0 aliphatic heterocycles. The van der Waals surface area contributed by atoms with E-state index in [-0.39, 0.29) is 0 Å². The summed E-state index contributed by atoms with van der Waals surface area (Å²) in [6.07, 6.45) is 3.49. The Morgan fingerprint density at radius 1 is 0.938 bits per heavy atom. The van der Waals surface area contributed by atoms with Crippen LogP contribution in [0.2, 0.25) is 0 Å².